The highest BCUT2D eigenvalue weighted by Crippen LogP contribution is 2.17. The molecule has 0 atom stereocenters. The summed E-state index contributed by atoms with van der Waals surface area (Å²) in [5.41, 5.74) is 4.37. The molecule has 20 heavy (non-hydrogen) atoms. The topological polar surface area (TPSA) is 37.8 Å². The molecule has 0 aliphatic heterocycles. The van der Waals surface area contributed by atoms with Crippen molar-refractivity contribution >= 4 is 0 Å². The van der Waals surface area contributed by atoms with E-state index in [0.717, 1.165) is 35.9 Å². The Balaban J connectivity index is 2.20. The number of hydrogen-bond acceptors (Lipinski definition) is 3. The number of benzene rings is 1. The quantitative estimate of drug-likeness (QED) is 0.902. The van der Waals surface area contributed by atoms with Crippen LogP contribution in [0.5, 0.6) is 0 Å². The predicted molar refractivity (Wildman–Crippen MR) is 83.5 cm³/mol. The van der Waals surface area contributed by atoms with E-state index in [0.29, 0.717) is 5.92 Å². The van der Waals surface area contributed by atoms with Crippen LogP contribution in [0, 0.1) is 19.8 Å². The van der Waals surface area contributed by atoms with Crippen molar-refractivity contribution < 1.29 is 0 Å². The van der Waals surface area contributed by atoms with E-state index >= 15 is 0 Å². The molecule has 0 bridgehead atoms. The molecule has 1 heterocycles. The van der Waals surface area contributed by atoms with Gasteiger partial charge in [0.1, 0.15) is 0 Å². The van der Waals surface area contributed by atoms with Crippen LogP contribution in [0.1, 0.15) is 30.8 Å². The van der Waals surface area contributed by atoms with Crippen molar-refractivity contribution in [2.24, 2.45) is 5.92 Å². The molecule has 0 radical (unpaired) electrons. The Kier molecular flexibility index (Phi) is 4.85. The molecule has 0 amide bonds. The molecular formula is C17H23N3. The molecule has 0 saturated heterocycles. The molecular weight excluding hydrogens is 246 g/mol. The summed E-state index contributed by atoms with van der Waals surface area (Å²) in [5, 5.41) is 3.43. The maximum atomic E-state index is 4.67. The van der Waals surface area contributed by atoms with E-state index in [-0.39, 0.29) is 0 Å². The Morgan fingerprint density at radius 2 is 1.90 bits per heavy atom. The van der Waals surface area contributed by atoms with E-state index in [1.807, 2.05) is 19.1 Å². The van der Waals surface area contributed by atoms with Crippen LogP contribution in [-0.2, 0) is 6.54 Å². The molecule has 3 heteroatoms. The fraction of sp³-hybridized carbons (Fsp3) is 0.412. The Bertz CT molecular complexity index is 576. The summed E-state index contributed by atoms with van der Waals surface area (Å²) in [5.74, 6) is 1.46. The van der Waals surface area contributed by atoms with Gasteiger partial charge in [-0.2, -0.15) is 0 Å². The second-order valence-electron chi connectivity index (χ2n) is 5.72. The monoisotopic (exact) mass is 269 g/mol. The van der Waals surface area contributed by atoms with Gasteiger partial charge in [0, 0.05) is 17.8 Å². The van der Waals surface area contributed by atoms with Crippen molar-refractivity contribution in [3.05, 3.63) is 47.3 Å². The number of rotatable bonds is 5. The molecule has 2 rings (SSSR count). The second-order valence-corrected chi connectivity index (χ2v) is 5.72. The van der Waals surface area contributed by atoms with Gasteiger partial charge >= 0.3 is 0 Å². The number of aromatic nitrogens is 2. The molecule has 1 aromatic carbocycles. The first-order valence-corrected chi connectivity index (χ1v) is 7.17. The van der Waals surface area contributed by atoms with Gasteiger partial charge in [0.15, 0.2) is 5.82 Å². The van der Waals surface area contributed by atoms with Gasteiger partial charge in [0.25, 0.3) is 0 Å². The van der Waals surface area contributed by atoms with Gasteiger partial charge in [-0.1, -0.05) is 37.6 Å². The highest BCUT2D eigenvalue weighted by Gasteiger charge is 2.05. The van der Waals surface area contributed by atoms with Crippen molar-refractivity contribution in [2.75, 3.05) is 6.54 Å². The van der Waals surface area contributed by atoms with E-state index in [1.165, 1.54) is 5.56 Å². The third kappa shape index (κ3) is 4.14. The van der Waals surface area contributed by atoms with Crippen LogP contribution in [-0.4, -0.2) is 16.5 Å². The zero-order valence-corrected chi connectivity index (χ0v) is 12.8. The standard InChI is InChI=1S/C17H23N3/c1-12(2)10-18-11-16-9-14(4)19-17(20-16)15-7-5-6-13(3)8-15/h5-9,12,18H,10-11H2,1-4H3. The highest BCUT2D eigenvalue weighted by atomic mass is 14.9. The van der Waals surface area contributed by atoms with Gasteiger partial charge < -0.3 is 5.32 Å². The summed E-state index contributed by atoms with van der Waals surface area (Å²) in [6, 6.07) is 10.4. The average Bonchev–Trinajstić information content (AvgIpc) is 2.37. The van der Waals surface area contributed by atoms with Gasteiger partial charge in [0.2, 0.25) is 0 Å². The maximum Gasteiger partial charge on any atom is 0.159 e. The largest absolute Gasteiger partial charge is 0.311 e. The number of hydrogen-bond donors (Lipinski definition) is 1. The van der Waals surface area contributed by atoms with Gasteiger partial charge in [-0.05, 0) is 38.4 Å². The lowest BCUT2D eigenvalue weighted by Crippen LogP contribution is -2.20. The first-order chi connectivity index (χ1) is 9.54. The van der Waals surface area contributed by atoms with Crippen LogP contribution in [0.15, 0.2) is 30.3 Å². The van der Waals surface area contributed by atoms with Crippen LogP contribution in [0.2, 0.25) is 0 Å². The van der Waals surface area contributed by atoms with E-state index in [4.69, 9.17) is 0 Å². The first kappa shape index (κ1) is 14.7. The number of nitrogens with zero attached hydrogens (tertiary/aromatic N) is 2. The normalized spacial score (nSPS) is 11.1. The van der Waals surface area contributed by atoms with Crippen LogP contribution >= 0.6 is 0 Å². The molecule has 1 N–H and O–H groups in total. The van der Waals surface area contributed by atoms with E-state index in [9.17, 15) is 0 Å². The molecule has 0 unspecified atom stereocenters. The van der Waals surface area contributed by atoms with Crippen LogP contribution in [0.25, 0.3) is 11.4 Å². The summed E-state index contributed by atoms with van der Waals surface area (Å²) in [6.45, 7) is 10.3. The Labute approximate surface area is 121 Å². The summed E-state index contributed by atoms with van der Waals surface area (Å²) >= 11 is 0. The van der Waals surface area contributed by atoms with Crippen molar-refractivity contribution in [2.45, 2.75) is 34.2 Å². The van der Waals surface area contributed by atoms with Crippen molar-refractivity contribution in [1.82, 2.24) is 15.3 Å². The summed E-state index contributed by atoms with van der Waals surface area (Å²) in [6.07, 6.45) is 0. The fourth-order valence-corrected chi connectivity index (χ4v) is 2.13. The lowest BCUT2D eigenvalue weighted by molar-refractivity contribution is 0.548. The molecule has 0 saturated carbocycles. The van der Waals surface area contributed by atoms with Crippen molar-refractivity contribution in [1.29, 1.82) is 0 Å². The molecule has 0 aliphatic carbocycles. The third-order valence-corrected chi connectivity index (χ3v) is 3.04. The molecule has 2 aromatic rings. The lowest BCUT2D eigenvalue weighted by Gasteiger charge is -2.09. The average molecular weight is 269 g/mol. The van der Waals surface area contributed by atoms with E-state index in [2.05, 4.69) is 54.3 Å². The van der Waals surface area contributed by atoms with Crippen molar-refractivity contribution in [3.8, 4) is 11.4 Å². The zero-order chi connectivity index (χ0) is 14.5. The van der Waals surface area contributed by atoms with Crippen LogP contribution < -0.4 is 5.32 Å². The van der Waals surface area contributed by atoms with Crippen LogP contribution in [0.3, 0.4) is 0 Å². The SMILES string of the molecule is Cc1cccc(-c2nc(C)cc(CNCC(C)C)n2)c1. The molecule has 3 nitrogen and oxygen atoms in total. The first-order valence-electron chi connectivity index (χ1n) is 7.17. The minimum Gasteiger partial charge on any atom is -0.311 e. The van der Waals surface area contributed by atoms with Gasteiger partial charge in [-0.3, -0.25) is 0 Å². The summed E-state index contributed by atoms with van der Waals surface area (Å²) in [7, 11) is 0. The van der Waals surface area contributed by atoms with E-state index < -0.39 is 0 Å². The number of nitrogens with one attached hydrogen (secondary N) is 1. The Morgan fingerprint density at radius 3 is 2.60 bits per heavy atom. The highest BCUT2D eigenvalue weighted by molar-refractivity contribution is 5.56. The van der Waals surface area contributed by atoms with Gasteiger partial charge in [-0.25, -0.2) is 9.97 Å². The third-order valence-electron chi connectivity index (χ3n) is 3.04. The summed E-state index contributed by atoms with van der Waals surface area (Å²) < 4.78 is 0. The number of aryl methyl sites for hydroxylation is 2. The predicted octanol–water partition coefficient (Wildman–Crippen LogP) is 3.51. The van der Waals surface area contributed by atoms with E-state index in [1.54, 1.807) is 0 Å². The Hall–Kier alpha value is -1.74. The zero-order valence-electron chi connectivity index (χ0n) is 12.8. The van der Waals surface area contributed by atoms with Crippen LogP contribution in [0.4, 0.5) is 0 Å². The van der Waals surface area contributed by atoms with Gasteiger partial charge in [-0.15, -0.1) is 0 Å². The minimum absolute atomic E-state index is 0.647. The molecule has 1 aromatic heterocycles. The molecule has 0 aliphatic rings. The molecule has 106 valence electrons. The Morgan fingerprint density at radius 1 is 1.10 bits per heavy atom. The maximum absolute atomic E-state index is 4.67. The van der Waals surface area contributed by atoms with Crippen molar-refractivity contribution in [3.63, 3.8) is 0 Å². The molecule has 0 fully saturated rings. The molecule has 0 spiro atoms. The smallest absolute Gasteiger partial charge is 0.159 e. The lowest BCUT2D eigenvalue weighted by atomic mass is 10.1. The van der Waals surface area contributed by atoms with Gasteiger partial charge in [0.05, 0.1) is 5.69 Å². The fourth-order valence-electron chi connectivity index (χ4n) is 2.13. The minimum atomic E-state index is 0.647. The second kappa shape index (κ2) is 6.62. The summed E-state index contributed by atoms with van der Waals surface area (Å²) in [4.78, 5) is 9.22.